The Morgan fingerprint density at radius 1 is 1.50 bits per heavy atom. The van der Waals surface area contributed by atoms with Crippen molar-refractivity contribution >= 4 is 0 Å². The van der Waals surface area contributed by atoms with Gasteiger partial charge in [0.05, 0.1) is 0 Å². The maximum absolute atomic E-state index is 9.05. The van der Waals surface area contributed by atoms with E-state index in [2.05, 4.69) is 26.1 Å². The number of aliphatic hydroxyl groups excluding tert-OH is 1. The zero-order chi connectivity index (χ0) is 8.20. The molecule has 0 saturated carbocycles. The van der Waals surface area contributed by atoms with Crippen molar-refractivity contribution in [2.24, 2.45) is 11.3 Å². The van der Waals surface area contributed by atoms with E-state index in [-0.39, 0.29) is 12.0 Å². The Bertz CT molecular complexity index is 93.3. The molecule has 62 valence electrons. The molecule has 1 atom stereocenters. The fourth-order valence-corrected chi connectivity index (χ4v) is 0.846. The van der Waals surface area contributed by atoms with Crippen LogP contribution in [0.3, 0.4) is 0 Å². The predicted octanol–water partition coefficient (Wildman–Crippen LogP) is 0.860. The molecular weight excluding hydrogens is 126 g/mol. The van der Waals surface area contributed by atoms with E-state index in [1.165, 1.54) is 0 Å². The van der Waals surface area contributed by atoms with Gasteiger partial charge in [-0.1, -0.05) is 20.8 Å². The Labute approximate surface area is 63.6 Å². The number of aliphatic hydroxyl groups is 1. The van der Waals surface area contributed by atoms with E-state index in [0.717, 1.165) is 6.54 Å². The molecule has 0 aromatic rings. The molecule has 0 heterocycles. The summed E-state index contributed by atoms with van der Waals surface area (Å²) in [6.07, 6.45) is 0. The molecule has 0 aliphatic rings. The van der Waals surface area contributed by atoms with E-state index in [0.29, 0.717) is 5.92 Å². The fraction of sp³-hybridized carbons (Fsp3) is 1.00. The van der Waals surface area contributed by atoms with E-state index in [9.17, 15) is 0 Å². The monoisotopic (exact) mass is 145 g/mol. The summed E-state index contributed by atoms with van der Waals surface area (Å²) < 4.78 is 0. The SMILES string of the molecule is CNCC(C)(CO)C(C)C. The van der Waals surface area contributed by atoms with Crippen molar-refractivity contribution in [3.8, 4) is 0 Å². The number of hydrogen-bond donors (Lipinski definition) is 2. The molecule has 0 bridgehead atoms. The van der Waals surface area contributed by atoms with Gasteiger partial charge in [0.15, 0.2) is 0 Å². The van der Waals surface area contributed by atoms with Gasteiger partial charge in [0.1, 0.15) is 0 Å². The molecule has 0 rings (SSSR count). The summed E-state index contributed by atoms with van der Waals surface area (Å²) in [6, 6.07) is 0. The van der Waals surface area contributed by atoms with Crippen LogP contribution in [0.2, 0.25) is 0 Å². The van der Waals surface area contributed by atoms with Crippen LogP contribution in [-0.2, 0) is 0 Å². The highest BCUT2D eigenvalue weighted by atomic mass is 16.3. The molecule has 0 aliphatic heterocycles. The molecule has 0 spiro atoms. The van der Waals surface area contributed by atoms with Crippen LogP contribution >= 0.6 is 0 Å². The second kappa shape index (κ2) is 3.94. The quantitative estimate of drug-likeness (QED) is 0.615. The molecule has 0 fully saturated rings. The minimum Gasteiger partial charge on any atom is -0.396 e. The van der Waals surface area contributed by atoms with E-state index in [1.54, 1.807) is 0 Å². The fourth-order valence-electron chi connectivity index (χ4n) is 0.846. The lowest BCUT2D eigenvalue weighted by atomic mass is 9.80. The van der Waals surface area contributed by atoms with Crippen LogP contribution in [0, 0.1) is 11.3 Å². The third-order valence-electron chi connectivity index (χ3n) is 2.34. The minimum absolute atomic E-state index is 0.0365. The second-order valence-electron chi connectivity index (χ2n) is 3.50. The van der Waals surface area contributed by atoms with E-state index < -0.39 is 0 Å². The molecule has 0 aromatic carbocycles. The molecule has 2 N–H and O–H groups in total. The maximum atomic E-state index is 9.05. The third-order valence-corrected chi connectivity index (χ3v) is 2.34. The zero-order valence-corrected chi connectivity index (χ0v) is 7.44. The van der Waals surface area contributed by atoms with Gasteiger partial charge in [0.2, 0.25) is 0 Å². The summed E-state index contributed by atoms with van der Waals surface area (Å²) in [7, 11) is 1.91. The van der Waals surface area contributed by atoms with Gasteiger partial charge in [-0.2, -0.15) is 0 Å². The lowest BCUT2D eigenvalue weighted by molar-refractivity contribution is 0.0956. The first-order valence-corrected chi connectivity index (χ1v) is 3.82. The summed E-state index contributed by atoms with van der Waals surface area (Å²) >= 11 is 0. The number of rotatable bonds is 4. The van der Waals surface area contributed by atoms with E-state index in [4.69, 9.17) is 5.11 Å². The van der Waals surface area contributed by atoms with Crippen LogP contribution in [0.5, 0.6) is 0 Å². The highest BCUT2D eigenvalue weighted by molar-refractivity contribution is 4.78. The van der Waals surface area contributed by atoms with Gasteiger partial charge in [-0.3, -0.25) is 0 Å². The van der Waals surface area contributed by atoms with Crippen LogP contribution in [0.15, 0.2) is 0 Å². The first-order chi connectivity index (χ1) is 4.56. The zero-order valence-electron chi connectivity index (χ0n) is 7.44. The van der Waals surface area contributed by atoms with Crippen LogP contribution in [-0.4, -0.2) is 25.3 Å². The molecule has 0 radical (unpaired) electrons. The van der Waals surface area contributed by atoms with Crippen molar-refractivity contribution in [3.05, 3.63) is 0 Å². The Morgan fingerprint density at radius 3 is 2.10 bits per heavy atom. The minimum atomic E-state index is 0.0365. The van der Waals surface area contributed by atoms with Gasteiger partial charge in [0, 0.05) is 18.6 Å². The van der Waals surface area contributed by atoms with Crippen molar-refractivity contribution in [3.63, 3.8) is 0 Å². The third kappa shape index (κ3) is 2.27. The first kappa shape index (κ1) is 9.92. The van der Waals surface area contributed by atoms with Crippen LogP contribution in [0.1, 0.15) is 20.8 Å². The largest absolute Gasteiger partial charge is 0.396 e. The number of nitrogens with one attached hydrogen (secondary N) is 1. The summed E-state index contributed by atoms with van der Waals surface area (Å²) in [4.78, 5) is 0. The van der Waals surface area contributed by atoms with E-state index >= 15 is 0 Å². The summed E-state index contributed by atoms with van der Waals surface area (Å²) in [6.45, 7) is 7.49. The Balaban J connectivity index is 3.94. The number of hydrogen-bond acceptors (Lipinski definition) is 2. The van der Waals surface area contributed by atoms with Crippen molar-refractivity contribution in [2.75, 3.05) is 20.2 Å². The Kier molecular flexibility index (Phi) is 3.91. The van der Waals surface area contributed by atoms with Crippen molar-refractivity contribution in [1.29, 1.82) is 0 Å². The molecule has 1 unspecified atom stereocenters. The predicted molar refractivity (Wildman–Crippen MR) is 44.0 cm³/mol. The second-order valence-corrected chi connectivity index (χ2v) is 3.50. The van der Waals surface area contributed by atoms with Gasteiger partial charge in [-0.15, -0.1) is 0 Å². The van der Waals surface area contributed by atoms with Crippen LogP contribution in [0.25, 0.3) is 0 Å². The van der Waals surface area contributed by atoms with Crippen LogP contribution < -0.4 is 5.32 Å². The van der Waals surface area contributed by atoms with Gasteiger partial charge < -0.3 is 10.4 Å². The lowest BCUT2D eigenvalue weighted by Crippen LogP contribution is -2.37. The van der Waals surface area contributed by atoms with Gasteiger partial charge in [-0.05, 0) is 13.0 Å². The molecule has 0 amide bonds. The average molecular weight is 145 g/mol. The summed E-state index contributed by atoms with van der Waals surface area (Å²) in [5.74, 6) is 0.518. The highest BCUT2D eigenvalue weighted by Gasteiger charge is 2.26. The van der Waals surface area contributed by atoms with Gasteiger partial charge in [0.25, 0.3) is 0 Å². The Hall–Kier alpha value is -0.0800. The molecule has 0 aromatic heterocycles. The maximum Gasteiger partial charge on any atom is 0.0499 e. The topological polar surface area (TPSA) is 32.3 Å². The van der Waals surface area contributed by atoms with Crippen molar-refractivity contribution in [1.82, 2.24) is 5.32 Å². The summed E-state index contributed by atoms with van der Waals surface area (Å²) in [5, 5.41) is 12.1. The molecule has 2 nitrogen and oxygen atoms in total. The highest BCUT2D eigenvalue weighted by Crippen LogP contribution is 2.24. The summed E-state index contributed by atoms with van der Waals surface area (Å²) in [5.41, 5.74) is 0.0365. The lowest BCUT2D eigenvalue weighted by Gasteiger charge is -2.31. The van der Waals surface area contributed by atoms with Crippen LogP contribution in [0.4, 0.5) is 0 Å². The molecule has 0 aliphatic carbocycles. The smallest absolute Gasteiger partial charge is 0.0499 e. The molecule has 0 saturated heterocycles. The van der Waals surface area contributed by atoms with Gasteiger partial charge in [-0.25, -0.2) is 0 Å². The first-order valence-electron chi connectivity index (χ1n) is 3.82. The standard InChI is InChI=1S/C8H19NO/c1-7(2)8(3,6-10)5-9-4/h7,9-10H,5-6H2,1-4H3. The van der Waals surface area contributed by atoms with E-state index in [1.807, 2.05) is 7.05 Å². The van der Waals surface area contributed by atoms with Crippen molar-refractivity contribution < 1.29 is 5.11 Å². The van der Waals surface area contributed by atoms with Gasteiger partial charge >= 0.3 is 0 Å². The molecular formula is C8H19NO. The average Bonchev–Trinajstić information content (AvgIpc) is 1.88. The van der Waals surface area contributed by atoms with Crippen molar-refractivity contribution in [2.45, 2.75) is 20.8 Å². The normalized spacial score (nSPS) is 17.4. The molecule has 10 heavy (non-hydrogen) atoms. The Morgan fingerprint density at radius 2 is 2.00 bits per heavy atom. The molecule has 2 heteroatoms.